The number of hydrogen-bond acceptors (Lipinski definition) is 4. The number of nitrogen functional groups attached to an aromatic ring is 1. The Hall–Kier alpha value is -1.56. The number of rotatable bonds is 2. The number of hydrogen-bond donors (Lipinski definition) is 2. The SMILES string of the molecule is Cc1nn(C)c(N2CCN(C)CC2C)c1C(=N)N. The molecule has 6 heteroatoms. The summed E-state index contributed by atoms with van der Waals surface area (Å²) in [5, 5.41) is 12.1. The van der Waals surface area contributed by atoms with Gasteiger partial charge in [-0.15, -0.1) is 0 Å². The first kappa shape index (κ1) is 12.9. The second kappa shape index (κ2) is 4.61. The molecule has 0 bridgehead atoms. The van der Waals surface area contributed by atoms with E-state index in [9.17, 15) is 0 Å². The topological polar surface area (TPSA) is 74.2 Å². The van der Waals surface area contributed by atoms with E-state index < -0.39 is 0 Å². The van der Waals surface area contributed by atoms with Crippen molar-refractivity contribution in [3.63, 3.8) is 0 Å². The zero-order valence-electron chi connectivity index (χ0n) is 11.6. The average Bonchev–Trinajstić information content (AvgIpc) is 2.53. The van der Waals surface area contributed by atoms with Crippen LogP contribution >= 0.6 is 0 Å². The zero-order valence-corrected chi connectivity index (χ0v) is 11.6. The second-order valence-corrected chi connectivity index (χ2v) is 5.13. The Morgan fingerprint density at radius 1 is 1.39 bits per heavy atom. The number of amidine groups is 1. The van der Waals surface area contributed by atoms with Gasteiger partial charge in [0.25, 0.3) is 0 Å². The van der Waals surface area contributed by atoms with Gasteiger partial charge in [0.1, 0.15) is 11.7 Å². The maximum atomic E-state index is 7.74. The minimum atomic E-state index is 0.0988. The summed E-state index contributed by atoms with van der Waals surface area (Å²) < 4.78 is 1.84. The summed E-state index contributed by atoms with van der Waals surface area (Å²) in [5.41, 5.74) is 7.30. The van der Waals surface area contributed by atoms with Crippen LogP contribution in [0.1, 0.15) is 18.2 Å². The van der Waals surface area contributed by atoms with Gasteiger partial charge in [-0.05, 0) is 20.9 Å². The van der Waals surface area contributed by atoms with Crippen molar-refractivity contribution in [3.05, 3.63) is 11.3 Å². The van der Waals surface area contributed by atoms with Crippen LogP contribution < -0.4 is 10.6 Å². The molecule has 0 aromatic carbocycles. The Kier molecular flexibility index (Phi) is 3.30. The molecule has 1 aliphatic heterocycles. The van der Waals surface area contributed by atoms with Gasteiger partial charge in [0.05, 0.1) is 11.3 Å². The van der Waals surface area contributed by atoms with Crippen LogP contribution in [0, 0.1) is 12.3 Å². The maximum absolute atomic E-state index is 7.74. The molecule has 1 aliphatic rings. The molecule has 2 heterocycles. The summed E-state index contributed by atoms with van der Waals surface area (Å²) in [7, 11) is 4.05. The highest BCUT2D eigenvalue weighted by molar-refractivity contribution is 6.01. The van der Waals surface area contributed by atoms with Gasteiger partial charge in [0.15, 0.2) is 0 Å². The molecule has 1 aromatic rings. The van der Waals surface area contributed by atoms with Crippen LogP contribution in [-0.4, -0.2) is 53.2 Å². The Morgan fingerprint density at radius 3 is 2.61 bits per heavy atom. The van der Waals surface area contributed by atoms with Crippen molar-refractivity contribution < 1.29 is 0 Å². The van der Waals surface area contributed by atoms with E-state index in [-0.39, 0.29) is 5.84 Å². The van der Waals surface area contributed by atoms with Crippen LogP contribution in [0.2, 0.25) is 0 Å². The highest BCUT2D eigenvalue weighted by atomic mass is 15.4. The largest absolute Gasteiger partial charge is 0.384 e. The number of aromatic nitrogens is 2. The molecule has 1 saturated heterocycles. The molecule has 1 unspecified atom stereocenters. The monoisotopic (exact) mass is 250 g/mol. The van der Waals surface area contributed by atoms with Gasteiger partial charge < -0.3 is 15.5 Å². The standard InChI is InChI=1S/C12H22N6/c1-8-7-16(3)5-6-18(8)12-10(11(13)14)9(2)15-17(12)4/h8H,5-7H2,1-4H3,(H3,13,14). The lowest BCUT2D eigenvalue weighted by atomic mass is 10.1. The lowest BCUT2D eigenvalue weighted by molar-refractivity contribution is 0.273. The smallest absolute Gasteiger partial charge is 0.138 e. The highest BCUT2D eigenvalue weighted by Crippen LogP contribution is 2.26. The fourth-order valence-corrected chi connectivity index (χ4v) is 2.75. The van der Waals surface area contributed by atoms with Crippen molar-refractivity contribution in [2.75, 3.05) is 31.6 Å². The molecule has 2 rings (SSSR count). The van der Waals surface area contributed by atoms with Gasteiger partial charge in [-0.2, -0.15) is 5.10 Å². The first-order chi connectivity index (χ1) is 8.41. The lowest BCUT2D eigenvalue weighted by Gasteiger charge is -2.39. The lowest BCUT2D eigenvalue weighted by Crippen LogP contribution is -2.51. The normalized spacial score (nSPS) is 21.3. The first-order valence-electron chi connectivity index (χ1n) is 6.25. The van der Waals surface area contributed by atoms with Crippen molar-refractivity contribution in [3.8, 4) is 0 Å². The number of likely N-dealkylation sites (N-methyl/N-ethyl adjacent to an activating group) is 1. The third-order valence-electron chi connectivity index (χ3n) is 3.56. The van der Waals surface area contributed by atoms with Gasteiger partial charge in [0, 0.05) is 32.7 Å². The number of nitrogens with one attached hydrogen (secondary N) is 1. The van der Waals surface area contributed by atoms with Gasteiger partial charge in [-0.25, -0.2) is 0 Å². The summed E-state index contributed by atoms with van der Waals surface area (Å²) in [4.78, 5) is 4.62. The van der Waals surface area contributed by atoms with E-state index in [0.29, 0.717) is 6.04 Å². The summed E-state index contributed by atoms with van der Waals surface area (Å²) in [6.07, 6.45) is 0. The Balaban J connectivity index is 2.41. The van der Waals surface area contributed by atoms with Gasteiger partial charge in [-0.1, -0.05) is 0 Å². The predicted molar refractivity (Wildman–Crippen MR) is 73.3 cm³/mol. The second-order valence-electron chi connectivity index (χ2n) is 5.13. The average molecular weight is 250 g/mol. The molecule has 1 atom stereocenters. The molecular weight excluding hydrogens is 228 g/mol. The maximum Gasteiger partial charge on any atom is 0.138 e. The summed E-state index contributed by atoms with van der Waals surface area (Å²) in [5.74, 6) is 1.07. The van der Waals surface area contributed by atoms with Crippen LogP contribution in [-0.2, 0) is 7.05 Å². The number of nitrogens with two attached hydrogens (primary N) is 1. The first-order valence-corrected chi connectivity index (χ1v) is 6.25. The van der Waals surface area contributed by atoms with Crippen LogP contribution in [0.25, 0.3) is 0 Å². The summed E-state index contributed by atoms with van der Waals surface area (Å²) >= 11 is 0. The Bertz CT molecular complexity index is 463. The molecule has 1 aromatic heterocycles. The van der Waals surface area contributed by atoms with Crippen molar-refractivity contribution in [1.82, 2.24) is 14.7 Å². The molecule has 0 radical (unpaired) electrons. The van der Waals surface area contributed by atoms with Crippen molar-refractivity contribution in [2.24, 2.45) is 12.8 Å². The summed E-state index contributed by atoms with van der Waals surface area (Å²) in [6.45, 7) is 7.08. The molecule has 0 amide bonds. The third kappa shape index (κ3) is 2.08. The van der Waals surface area contributed by atoms with Crippen molar-refractivity contribution in [2.45, 2.75) is 19.9 Å². The van der Waals surface area contributed by atoms with E-state index in [1.807, 2.05) is 18.7 Å². The predicted octanol–water partition coefficient (Wildman–Crippen LogP) is 0.153. The van der Waals surface area contributed by atoms with Crippen LogP contribution in [0.4, 0.5) is 5.82 Å². The summed E-state index contributed by atoms with van der Waals surface area (Å²) in [6, 6.07) is 0.400. The number of nitrogens with zero attached hydrogens (tertiary/aromatic N) is 4. The van der Waals surface area contributed by atoms with Gasteiger partial charge in [0.2, 0.25) is 0 Å². The Morgan fingerprint density at radius 2 is 2.06 bits per heavy atom. The molecule has 18 heavy (non-hydrogen) atoms. The zero-order chi connectivity index (χ0) is 13.4. The van der Waals surface area contributed by atoms with Crippen LogP contribution in [0.15, 0.2) is 0 Å². The fraction of sp³-hybridized carbons (Fsp3) is 0.667. The van der Waals surface area contributed by atoms with Crippen LogP contribution in [0.3, 0.4) is 0 Å². The molecular formula is C12H22N6. The van der Waals surface area contributed by atoms with E-state index in [0.717, 1.165) is 36.7 Å². The molecule has 1 fully saturated rings. The molecule has 0 saturated carbocycles. The van der Waals surface area contributed by atoms with Crippen molar-refractivity contribution in [1.29, 1.82) is 5.41 Å². The van der Waals surface area contributed by atoms with E-state index in [4.69, 9.17) is 11.1 Å². The number of anilines is 1. The van der Waals surface area contributed by atoms with E-state index in [1.54, 1.807) is 0 Å². The third-order valence-corrected chi connectivity index (χ3v) is 3.56. The van der Waals surface area contributed by atoms with Gasteiger partial charge in [-0.3, -0.25) is 10.1 Å². The van der Waals surface area contributed by atoms with E-state index in [1.165, 1.54) is 0 Å². The van der Waals surface area contributed by atoms with E-state index >= 15 is 0 Å². The van der Waals surface area contributed by atoms with E-state index in [2.05, 4.69) is 28.9 Å². The quantitative estimate of drug-likeness (QED) is 0.579. The molecule has 0 spiro atoms. The number of aryl methyl sites for hydroxylation is 2. The molecule has 6 nitrogen and oxygen atoms in total. The Labute approximate surface area is 108 Å². The van der Waals surface area contributed by atoms with Gasteiger partial charge >= 0.3 is 0 Å². The molecule has 3 N–H and O–H groups in total. The fourth-order valence-electron chi connectivity index (χ4n) is 2.75. The van der Waals surface area contributed by atoms with Crippen molar-refractivity contribution >= 4 is 11.7 Å². The molecule has 100 valence electrons. The minimum Gasteiger partial charge on any atom is -0.384 e. The van der Waals surface area contributed by atoms with Crippen LogP contribution in [0.5, 0.6) is 0 Å². The minimum absolute atomic E-state index is 0.0988. The molecule has 0 aliphatic carbocycles. The number of piperazine rings is 1. The highest BCUT2D eigenvalue weighted by Gasteiger charge is 2.28.